The van der Waals surface area contributed by atoms with E-state index in [-0.39, 0.29) is 22.4 Å². The number of benzene rings is 2. The molecule has 25 heavy (non-hydrogen) atoms. The molecule has 2 aromatic rings. The lowest BCUT2D eigenvalue weighted by molar-refractivity contribution is 0.0926. The molecule has 7 heteroatoms. The first-order chi connectivity index (χ1) is 11.8. The highest BCUT2D eigenvalue weighted by atomic mass is 32.2. The van der Waals surface area contributed by atoms with Crippen molar-refractivity contribution in [2.75, 3.05) is 13.7 Å². The fraction of sp³-hybridized carbons (Fsp3) is 0.278. The molecule has 2 aromatic carbocycles. The molecule has 2 rings (SSSR count). The lowest BCUT2D eigenvalue weighted by atomic mass is 10.2. The van der Waals surface area contributed by atoms with Gasteiger partial charge in [0.15, 0.2) is 0 Å². The second kappa shape index (κ2) is 8.13. The van der Waals surface area contributed by atoms with Crippen LogP contribution < -0.4 is 14.8 Å². The molecule has 0 heterocycles. The SMILES string of the molecule is CNS(=O)(=O)c1cccc(C(=O)N[C@@H](C)COc2ccccc2C)c1. The molecule has 134 valence electrons. The topological polar surface area (TPSA) is 84.5 Å². The molecule has 0 radical (unpaired) electrons. The molecule has 1 amide bonds. The van der Waals surface area contributed by atoms with Gasteiger partial charge in [-0.3, -0.25) is 4.79 Å². The van der Waals surface area contributed by atoms with Crippen molar-refractivity contribution in [2.24, 2.45) is 0 Å². The Balaban J connectivity index is 2.00. The fourth-order valence-corrected chi connectivity index (χ4v) is 2.98. The Morgan fingerprint density at radius 2 is 1.88 bits per heavy atom. The lowest BCUT2D eigenvalue weighted by Crippen LogP contribution is -2.37. The summed E-state index contributed by atoms with van der Waals surface area (Å²) in [5, 5.41) is 2.80. The number of amides is 1. The van der Waals surface area contributed by atoms with Gasteiger partial charge in [-0.2, -0.15) is 0 Å². The average molecular weight is 362 g/mol. The first-order valence-electron chi connectivity index (χ1n) is 7.86. The van der Waals surface area contributed by atoms with Gasteiger partial charge in [0.05, 0.1) is 10.9 Å². The van der Waals surface area contributed by atoms with E-state index in [0.29, 0.717) is 6.61 Å². The Labute approximate surface area is 148 Å². The van der Waals surface area contributed by atoms with Gasteiger partial charge in [-0.1, -0.05) is 24.3 Å². The Bertz CT molecular complexity index is 850. The van der Waals surface area contributed by atoms with E-state index in [0.717, 1.165) is 11.3 Å². The minimum Gasteiger partial charge on any atom is -0.491 e. The standard InChI is InChI=1S/C18H22N2O4S/c1-13-7-4-5-10-17(13)24-12-14(2)20-18(21)15-8-6-9-16(11-15)25(22,23)19-3/h4-11,14,19H,12H2,1-3H3,(H,20,21)/t14-/m0/s1. The normalized spacial score (nSPS) is 12.4. The van der Waals surface area contributed by atoms with Crippen LogP contribution in [-0.2, 0) is 10.0 Å². The molecule has 0 spiro atoms. The van der Waals surface area contributed by atoms with E-state index in [1.54, 1.807) is 6.07 Å². The lowest BCUT2D eigenvalue weighted by Gasteiger charge is -2.16. The van der Waals surface area contributed by atoms with E-state index in [1.807, 2.05) is 38.1 Å². The van der Waals surface area contributed by atoms with Gasteiger partial charge < -0.3 is 10.1 Å². The first kappa shape index (κ1) is 19.0. The molecule has 6 nitrogen and oxygen atoms in total. The average Bonchev–Trinajstić information content (AvgIpc) is 2.61. The number of ether oxygens (including phenoxy) is 1. The largest absolute Gasteiger partial charge is 0.491 e. The monoisotopic (exact) mass is 362 g/mol. The summed E-state index contributed by atoms with van der Waals surface area (Å²) in [5.41, 5.74) is 1.30. The second-order valence-electron chi connectivity index (χ2n) is 5.69. The Morgan fingerprint density at radius 3 is 2.56 bits per heavy atom. The van der Waals surface area contributed by atoms with Gasteiger partial charge in [0.2, 0.25) is 10.0 Å². The van der Waals surface area contributed by atoms with Gasteiger partial charge in [-0.05, 0) is 50.7 Å². The number of carbonyl (C=O) groups is 1. The third-order valence-corrected chi connectivity index (χ3v) is 5.05. The Morgan fingerprint density at radius 1 is 1.16 bits per heavy atom. The Hall–Kier alpha value is -2.38. The quantitative estimate of drug-likeness (QED) is 0.790. The molecule has 0 saturated heterocycles. The number of hydrogen-bond acceptors (Lipinski definition) is 4. The zero-order chi connectivity index (χ0) is 18.4. The van der Waals surface area contributed by atoms with Crippen molar-refractivity contribution in [3.8, 4) is 5.75 Å². The number of para-hydroxylation sites is 1. The zero-order valence-corrected chi connectivity index (χ0v) is 15.3. The molecule has 0 aliphatic carbocycles. The fourth-order valence-electron chi connectivity index (χ4n) is 2.20. The molecule has 0 aliphatic rings. The molecule has 0 aromatic heterocycles. The van der Waals surface area contributed by atoms with Gasteiger partial charge in [0, 0.05) is 5.56 Å². The molecule has 0 fully saturated rings. The molecular formula is C18H22N2O4S. The zero-order valence-electron chi connectivity index (χ0n) is 14.4. The van der Waals surface area contributed by atoms with E-state index >= 15 is 0 Å². The van der Waals surface area contributed by atoms with E-state index in [2.05, 4.69) is 10.0 Å². The third kappa shape index (κ3) is 5.04. The number of hydrogen-bond donors (Lipinski definition) is 2. The van der Waals surface area contributed by atoms with Crippen LogP contribution in [0, 0.1) is 6.92 Å². The van der Waals surface area contributed by atoms with Gasteiger partial charge in [-0.25, -0.2) is 13.1 Å². The summed E-state index contributed by atoms with van der Waals surface area (Å²) >= 11 is 0. The van der Waals surface area contributed by atoms with Crippen LogP contribution in [0.4, 0.5) is 0 Å². The van der Waals surface area contributed by atoms with Crippen molar-refractivity contribution < 1.29 is 17.9 Å². The summed E-state index contributed by atoms with van der Waals surface area (Å²) in [6.07, 6.45) is 0. The minimum absolute atomic E-state index is 0.0477. The minimum atomic E-state index is -3.59. The first-order valence-corrected chi connectivity index (χ1v) is 9.34. The van der Waals surface area contributed by atoms with Gasteiger partial charge in [0.1, 0.15) is 12.4 Å². The van der Waals surface area contributed by atoms with Gasteiger partial charge in [-0.15, -0.1) is 0 Å². The van der Waals surface area contributed by atoms with Crippen LogP contribution in [0.3, 0.4) is 0 Å². The van der Waals surface area contributed by atoms with Gasteiger partial charge >= 0.3 is 0 Å². The highest BCUT2D eigenvalue weighted by Crippen LogP contribution is 2.16. The maximum absolute atomic E-state index is 12.3. The number of nitrogens with one attached hydrogen (secondary N) is 2. The summed E-state index contributed by atoms with van der Waals surface area (Å²) in [5.74, 6) is 0.416. The number of carbonyl (C=O) groups excluding carboxylic acids is 1. The maximum atomic E-state index is 12.3. The number of aryl methyl sites for hydroxylation is 1. The van der Waals surface area contributed by atoms with Crippen molar-refractivity contribution >= 4 is 15.9 Å². The molecule has 0 saturated carbocycles. The highest BCUT2D eigenvalue weighted by molar-refractivity contribution is 7.89. The Kier molecular flexibility index (Phi) is 6.17. The van der Waals surface area contributed by atoms with Gasteiger partial charge in [0.25, 0.3) is 5.91 Å². The number of rotatable bonds is 7. The van der Waals surface area contributed by atoms with Crippen LogP contribution in [0.2, 0.25) is 0 Å². The van der Waals surface area contributed by atoms with E-state index in [9.17, 15) is 13.2 Å². The van der Waals surface area contributed by atoms with Crippen molar-refractivity contribution in [1.82, 2.24) is 10.0 Å². The molecule has 0 bridgehead atoms. The van der Waals surface area contributed by atoms with E-state index in [4.69, 9.17) is 4.74 Å². The summed E-state index contributed by atoms with van der Waals surface area (Å²) in [4.78, 5) is 12.4. The van der Waals surface area contributed by atoms with E-state index in [1.165, 1.54) is 25.2 Å². The summed E-state index contributed by atoms with van der Waals surface area (Å²) in [6.45, 7) is 4.09. The van der Waals surface area contributed by atoms with Crippen LogP contribution in [0.15, 0.2) is 53.4 Å². The van der Waals surface area contributed by atoms with Crippen LogP contribution in [0.1, 0.15) is 22.8 Å². The molecule has 2 N–H and O–H groups in total. The van der Waals surface area contributed by atoms with Crippen molar-refractivity contribution in [2.45, 2.75) is 24.8 Å². The van der Waals surface area contributed by atoms with Crippen LogP contribution >= 0.6 is 0 Å². The van der Waals surface area contributed by atoms with Crippen LogP contribution in [0.25, 0.3) is 0 Å². The molecule has 0 aliphatic heterocycles. The van der Waals surface area contributed by atoms with Crippen molar-refractivity contribution in [3.63, 3.8) is 0 Å². The summed E-state index contributed by atoms with van der Waals surface area (Å²) in [7, 11) is -2.26. The molecule has 1 atom stereocenters. The summed E-state index contributed by atoms with van der Waals surface area (Å²) in [6, 6.07) is 13.3. The second-order valence-corrected chi connectivity index (χ2v) is 7.57. The van der Waals surface area contributed by atoms with Crippen LogP contribution in [-0.4, -0.2) is 34.0 Å². The molecule has 0 unspecified atom stereocenters. The van der Waals surface area contributed by atoms with Crippen molar-refractivity contribution in [1.29, 1.82) is 0 Å². The predicted octanol–water partition coefficient (Wildman–Crippen LogP) is 2.10. The number of sulfonamides is 1. The van der Waals surface area contributed by atoms with Crippen LogP contribution in [0.5, 0.6) is 5.75 Å². The highest BCUT2D eigenvalue weighted by Gasteiger charge is 2.15. The third-order valence-electron chi connectivity index (χ3n) is 3.64. The maximum Gasteiger partial charge on any atom is 0.251 e. The van der Waals surface area contributed by atoms with E-state index < -0.39 is 10.0 Å². The summed E-state index contributed by atoms with van der Waals surface area (Å²) < 4.78 is 31.6. The predicted molar refractivity (Wildman–Crippen MR) is 96.3 cm³/mol. The smallest absolute Gasteiger partial charge is 0.251 e. The molecular weight excluding hydrogens is 340 g/mol. The van der Waals surface area contributed by atoms with Crippen molar-refractivity contribution in [3.05, 3.63) is 59.7 Å².